The Hall–Kier alpha value is -4.80. The Balaban J connectivity index is 1.46. The van der Waals surface area contributed by atoms with Crippen LogP contribution >= 0.6 is 0 Å². The highest BCUT2D eigenvalue weighted by molar-refractivity contribution is 6.14. The van der Waals surface area contributed by atoms with Gasteiger partial charge in [0.25, 0.3) is 11.8 Å². The summed E-state index contributed by atoms with van der Waals surface area (Å²) in [6.07, 6.45) is 6.91. The van der Waals surface area contributed by atoms with Crippen LogP contribution in [0.2, 0.25) is 0 Å². The Labute approximate surface area is 213 Å². The maximum atomic E-state index is 13.6. The molecule has 0 radical (unpaired) electrons. The van der Waals surface area contributed by atoms with Gasteiger partial charge in [-0.15, -0.1) is 0 Å². The van der Waals surface area contributed by atoms with Gasteiger partial charge in [0, 0.05) is 56.1 Å². The van der Waals surface area contributed by atoms with Gasteiger partial charge in [-0.05, 0) is 26.0 Å². The van der Waals surface area contributed by atoms with Gasteiger partial charge in [0.2, 0.25) is 0 Å². The number of aromatic nitrogens is 7. The van der Waals surface area contributed by atoms with Crippen molar-refractivity contribution in [2.24, 2.45) is 14.1 Å². The fourth-order valence-corrected chi connectivity index (χ4v) is 4.25. The minimum absolute atomic E-state index is 0.246. The molecular formula is C26H27N9O2. The first kappa shape index (κ1) is 23.9. The average Bonchev–Trinajstić information content (AvgIpc) is 3.59. The predicted molar refractivity (Wildman–Crippen MR) is 139 cm³/mol. The zero-order chi connectivity index (χ0) is 26.1. The normalized spacial score (nSPS) is 11.1. The van der Waals surface area contributed by atoms with E-state index >= 15 is 0 Å². The van der Waals surface area contributed by atoms with Crippen molar-refractivity contribution < 1.29 is 9.59 Å². The molecule has 4 aromatic heterocycles. The molecule has 0 aliphatic heterocycles. The first-order valence-corrected chi connectivity index (χ1v) is 11.9. The molecule has 0 spiro atoms. The molecule has 0 fully saturated rings. The number of nitrogens with one attached hydrogen (secondary N) is 2. The van der Waals surface area contributed by atoms with Crippen molar-refractivity contribution in [3.8, 4) is 11.3 Å². The molecule has 0 unspecified atom stereocenters. The molecule has 5 aromatic rings. The molecule has 37 heavy (non-hydrogen) atoms. The molecule has 0 saturated heterocycles. The van der Waals surface area contributed by atoms with Crippen molar-refractivity contribution in [2.75, 3.05) is 5.32 Å². The highest BCUT2D eigenvalue weighted by Crippen LogP contribution is 2.28. The van der Waals surface area contributed by atoms with Crippen molar-refractivity contribution in [2.45, 2.75) is 26.9 Å². The lowest BCUT2D eigenvalue weighted by Crippen LogP contribution is -2.26. The number of fused-ring (bicyclic) bond motifs is 1. The number of hydrogen-bond donors (Lipinski definition) is 2. The van der Waals surface area contributed by atoms with Gasteiger partial charge in [-0.2, -0.15) is 15.3 Å². The third-order valence-corrected chi connectivity index (χ3v) is 6.12. The van der Waals surface area contributed by atoms with Crippen LogP contribution in [0.5, 0.6) is 0 Å². The van der Waals surface area contributed by atoms with Crippen LogP contribution in [0.3, 0.4) is 0 Å². The quantitative estimate of drug-likeness (QED) is 0.356. The monoisotopic (exact) mass is 497 g/mol. The van der Waals surface area contributed by atoms with Crippen LogP contribution in [0, 0.1) is 6.92 Å². The summed E-state index contributed by atoms with van der Waals surface area (Å²) < 4.78 is 4.94. The second kappa shape index (κ2) is 9.69. The lowest BCUT2D eigenvalue weighted by Gasteiger charge is -2.11. The van der Waals surface area contributed by atoms with Gasteiger partial charge in [0.1, 0.15) is 5.69 Å². The number of anilines is 1. The van der Waals surface area contributed by atoms with Crippen molar-refractivity contribution in [3.63, 3.8) is 0 Å². The van der Waals surface area contributed by atoms with E-state index in [2.05, 4.69) is 25.9 Å². The number of hydrogen-bond acceptors (Lipinski definition) is 6. The molecule has 4 heterocycles. The van der Waals surface area contributed by atoms with Gasteiger partial charge in [-0.25, -0.2) is 4.98 Å². The van der Waals surface area contributed by atoms with Crippen LogP contribution in [-0.4, -0.2) is 46.1 Å². The molecule has 11 heteroatoms. The third-order valence-electron chi connectivity index (χ3n) is 6.12. The number of rotatable bonds is 7. The third kappa shape index (κ3) is 4.70. The van der Waals surface area contributed by atoms with Crippen LogP contribution in [-0.2, 0) is 27.2 Å². The molecule has 0 aliphatic rings. The van der Waals surface area contributed by atoms with Gasteiger partial charge in [-0.3, -0.25) is 23.6 Å². The Morgan fingerprint density at radius 2 is 1.84 bits per heavy atom. The van der Waals surface area contributed by atoms with Gasteiger partial charge >= 0.3 is 0 Å². The lowest BCUT2D eigenvalue weighted by molar-refractivity contribution is 0.0942. The fraction of sp³-hybridized carbons (Fsp3) is 0.231. The number of nitrogens with zero attached hydrogens (tertiary/aromatic N) is 7. The highest BCUT2D eigenvalue weighted by Gasteiger charge is 2.22. The Morgan fingerprint density at radius 1 is 1.03 bits per heavy atom. The van der Waals surface area contributed by atoms with Crippen LogP contribution in [0.4, 0.5) is 5.69 Å². The largest absolute Gasteiger partial charge is 0.346 e. The van der Waals surface area contributed by atoms with Gasteiger partial charge < -0.3 is 10.6 Å². The molecule has 0 saturated carbocycles. The number of amides is 2. The van der Waals surface area contributed by atoms with E-state index in [4.69, 9.17) is 4.98 Å². The number of carbonyl (C=O) groups is 2. The number of benzene rings is 1. The van der Waals surface area contributed by atoms with Gasteiger partial charge in [0.05, 0.1) is 40.5 Å². The summed E-state index contributed by atoms with van der Waals surface area (Å²) in [5.74, 6) is -0.725. The van der Waals surface area contributed by atoms with E-state index in [0.29, 0.717) is 34.4 Å². The minimum atomic E-state index is -0.366. The first-order valence-electron chi connectivity index (χ1n) is 11.9. The maximum Gasteiger partial charge on any atom is 0.271 e. The molecule has 11 nitrogen and oxygen atoms in total. The van der Waals surface area contributed by atoms with Gasteiger partial charge in [0.15, 0.2) is 0 Å². The predicted octanol–water partition coefficient (Wildman–Crippen LogP) is 3.08. The van der Waals surface area contributed by atoms with Gasteiger partial charge in [-0.1, -0.05) is 18.2 Å². The van der Waals surface area contributed by atoms with E-state index in [9.17, 15) is 9.59 Å². The van der Waals surface area contributed by atoms with Crippen LogP contribution in [0.15, 0.2) is 55.1 Å². The van der Waals surface area contributed by atoms with E-state index in [-0.39, 0.29) is 17.5 Å². The lowest BCUT2D eigenvalue weighted by atomic mass is 10.0. The summed E-state index contributed by atoms with van der Waals surface area (Å²) in [7, 11) is 3.47. The average molecular weight is 498 g/mol. The molecule has 188 valence electrons. The van der Waals surface area contributed by atoms with E-state index in [1.807, 2.05) is 62.2 Å². The van der Waals surface area contributed by atoms with Crippen molar-refractivity contribution in [1.82, 2.24) is 39.6 Å². The zero-order valence-electron chi connectivity index (χ0n) is 21.1. The smallest absolute Gasteiger partial charge is 0.271 e. The maximum absolute atomic E-state index is 13.6. The molecule has 1 aromatic carbocycles. The molecule has 0 bridgehead atoms. The molecule has 5 rings (SSSR count). The number of pyridine rings is 1. The SMILES string of the molecule is CCn1cc(-c2cc(C(=O)Nc3cnn(C)c3C(=O)NCc3cnn(C)c3)c3ccccc3n2)c(C)n1. The van der Waals surface area contributed by atoms with E-state index in [1.165, 1.54) is 10.9 Å². The second-order valence-electron chi connectivity index (χ2n) is 8.75. The number of carbonyl (C=O) groups excluding carboxylic acids is 2. The van der Waals surface area contributed by atoms with Crippen molar-refractivity contribution in [1.29, 1.82) is 0 Å². The topological polar surface area (TPSA) is 125 Å². The Morgan fingerprint density at radius 3 is 2.57 bits per heavy atom. The highest BCUT2D eigenvalue weighted by atomic mass is 16.2. The minimum Gasteiger partial charge on any atom is -0.346 e. The number of aryl methyl sites for hydroxylation is 4. The van der Waals surface area contributed by atoms with Crippen LogP contribution in [0.25, 0.3) is 22.2 Å². The first-order chi connectivity index (χ1) is 17.8. The summed E-state index contributed by atoms with van der Waals surface area (Å²) in [5.41, 5.74) is 4.89. The Kier molecular flexibility index (Phi) is 6.26. The van der Waals surface area contributed by atoms with Crippen molar-refractivity contribution >= 4 is 28.4 Å². The van der Waals surface area contributed by atoms with E-state index < -0.39 is 0 Å². The summed E-state index contributed by atoms with van der Waals surface area (Å²) in [5, 5.41) is 19.3. The number of para-hydroxylation sites is 1. The van der Waals surface area contributed by atoms with E-state index in [1.54, 1.807) is 24.0 Å². The summed E-state index contributed by atoms with van der Waals surface area (Å²) >= 11 is 0. The Bertz CT molecular complexity index is 1630. The standard InChI is InChI=1S/C26H27N9O2/c1-5-35-15-20(16(2)32-35)22-10-19(18-8-6-7-9-21(18)30-22)25(36)31-23-13-29-34(4)24(23)26(37)27-11-17-12-28-33(3)14-17/h6-10,12-15H,5,11H2,1-4H3,(H,27,37)(H,31,36). The molecule has 2 N–H and O–H groups in total. The van der Waals surface area contributed by atoms with Crippen LogP contribution in [0.1, 0.15) is 39.0 Å². The van der Waals surface area contributed by atoms with E-state index in [0.717, 1.165) is 23.4 Å². The fourth-order valence-electron chi connectivity index (χ4n) is 4.25. The molecule has 2 amide bonds. The zero-order valence-corrected chi connectivity index (χ0v) is 21.1. The van der Waals surface area contributed by atoms with Crippen LogP contribution < -0.4 is 10.6 Å². The summed E-state index contributed by atoms with van der Waals surface area (Å²) in [6.45, 7) is 4.97. The summed E-state index contributed by atoms with van der Waals surface area (Å²) in [4.78, 5) is 31.4. The second-order valence-corrected chi connectivity index (χ2v) is 8.75. The molecule has 0 atom stereocenters. The molecular weight excluding hydrogens is 470 g/mol. The molecule has 0 aliphatic carbocycles. The van der Waals surface area contributed by atoms with Crippen molar-refractivity contribution in [3.05, 3.63) is 77.6 Å². The summed E-state index contributed by atoms with van der Waals surface area (Å²) in [6, 6.07) is 9.24.